The second-order valence-electron chi connectivity index (χ2n) is 4.08. The van der Waals surface area contributed by atoms with Gasteiger partial charge >= 0.3 is 30.6 Å². The van der Waals surface area contributed by atoms with Gasteiger partial charge in [0.15, 0.2) is 5.76 Å². The Hall–Kier alpha value is -1.70. The molecule has 1 aromatic rings. The van der Waals surface area contributed by atoms with Gasteiger partial charge in [-0.2, -0.15) is 61.5 Å². The van der Waals surface area contributed by atoms with E-state index >= 15 is 0 Å². The van der Waals surface area contributed by atoms with Crippen molar-refractivity contribution in [3.8, 4) is 0 Å². The summed E-state index contributed by atoms with van der Waals surface area (Å²) in [6.07, 6.45) is -26.6. The smallest absolute Gasteiger partial charge is 0.448 e. The van der Waals surface area contributed by atoms with Gasteiger partial charge in [-0.3, -0.25) is 0 Å². The van der Waals surface area contributed by atoms with E-state index in [-0.39, 0.29) is 0 Å². The molecule has 0 unspecified atom stereocenters. The number of furan rings is 1. The van der Waals surface area contributed by atoms with Crippen molar-refractivity contribution in [1.82, 2.24) is 0 Å². The summed E-state index contributed by atoms with van der Waals surface area (Å²) < 4.78 is 177. The van der Waals surface area contributed by atoms with Gasteiger partial charge in [0.05, 0.1) is 0 Å². The minimum atomic E-state index is -6.95. The highest BCUT2D eigenvalue weighted by Crippen LogP contribution is 2.55. The fraction of sp³-hybridized carbons (Fsp3) is 0.556. The molecule has 0 radical (unpaired) electrons. The lowest BCUT2D eigenvalue weighted by Gasteiger charge is -2.20. The molecule has 0 amide bonds. The summed E-state index contributed by atoms with van der Waals surface area (Å²) in [6, 6.07) is 0. The molecule has 0 saturated heterocycles. The first-order valence-corrected chi connectivity index (χ1v) is 5.05. The van der Waals surface area contributed by atoms with Gasteiger partial charge in [-0.25, -0.2) is 0 Å². The minimum Gasteiger partial charge on any atom is -0.448 e. The Morgan fingerprint density at radius 3 is 1.04 bits per heavy atom. The molecule has 15 heteroatoms. The quantitative estimate of drug-likeness (QED) is 0.537. The standard InChI is InChI=1S/C9F14O/c10-5(11,9(21,22)23)3-1(6(12,13)14)2(7(15,16)17)4(24-3)8(18,19)20. The van der Waals surface area contributed by atoms with Gasteiger partial charge in [0.2, 0.25) is 5.76 Å². The van der Waals surface area contributed by atoms with Crippen LogP contribution < -0.4 is 0 Å². The molecular weight excluding hydrogens is 390 g/mol. The molecule has 1 aromatic heterocycles. The zero-order valence-electron chi connectivity index (χ0n) is 10.2. The topological polar surface area (TPSA) is 13.1 Å². The predicted octanol–water partition coefficient (Wildman–Crippen LogP) is 5.99. The average molecular weight is 390 g/mol. The summed E-state index contributed by atoms with van der Waals surface area (Å²) in [4.78, 5) is 0. The lowest BCUT2D eigenvalue weighted by Crippen LogP contribution is -2.35. The summed E-state index contributed by atoms with van der Waals surface area (Å²) in [7, 11) is 0. The maximum Gasteiger partial charge on any atom is 0.461 e. The van der Waals surface area contributed by atoms with Crippen molar-refractivity contribution in [2.45, 2.75) is 30.6 Å². The molecule has 0 spiro atoms. The second-order valence-corrected chi connectivity index (χ2v) is 4.08. The number of halogens is 14. The lowest BCUT2D eigenvalue weighted by molar-refractivity contribution is -0.298. The van der Waals surface area contributed by atoms with Gasteiger partial charge in [0.25, 0.3) is 0 Å². The molecule has 1 heterocycles. The van der Waals surface area contributed by atoms with E-state index in [4.69, 9.17) is 0 Å². The molecule has 0 saturated carbocycles. The molecule has 140 valence electrons. The van der Waals surface area contributed by atoms with Crippen molar-refractivity contribution >= 4 is 0 Å². The van der Waals surface area contributed by atoms with E-state index < -0.39 is 53.3 Å². The van der Waals surface area contributed by atoms with E-state index in [9.17, 15) is 61.5 Å². The largest absolute Gasteiger partial charge is 0.461 e. The summed E-state index contributed by atoms with van der Waals surface area (Å²) in [5.74, 6) is -14.3. The van der Waals surface area contributed by atoms with Crippen LogP contribution in [0.4, 0.5) is 61.5 Å². The molecule has 0 fully saturated rings. The molecule has 0 aliphatic heterocycles. The van der Waals surface area contributed by atoms with Gasteiger partial charge in [-0.15, -0.1) is 0 Å². The van der Waals surface area contributed by atoms with Crippen LogP contribution in [-0.4, -0.2) is 6.18 Å². The molecule has 0 aliphatic carbocycles. The van der Waals surface area contributed by atoms with Crippen LogP contribution in [0.1, 0.15) is 22.6 Å². The van der Waals surface area contributed by atoms with Crippen LogP contribution in [0.25, 0.3) is 0 Å². The Kier molecular flexibility index (Phi) is 4.36. The maximum atomic E-state index is 13.0. The van der Waals surface area contributed by atoms with E-state index in [2.05, 4.69) is 4.42 Å². The molecule has 0 N–H and O–H groups in total. The van der Waals surface area contributed by atoms with E-state index in [1.807, 2.05) is 0 Å². The van der Waals surface area contributed by atoms with Crippen molar-refractivity contribution in [1.29, 1.82) is 0 Å². The van der Waals surface area contributed by atoms with E-state index in [1.54, 1.807) is 0 Å². The first kappa shape index (κ1) is 20.3. The van der Waals surface area contributed by atoms with Crippen LogP contribution >= 0.6 is 0 Å². The normalized spacial score (nSPS) is 15.1. The number of rotatable bonds is 1. The highest BCUT2D eigenvalue weighted by molar-refractivity contribution is 5.42. The van der Waals surface area contributed by atoms with Crippen LogP contribution in [0.3, 0.4) is 0 Å². The molecular formula is C9F14O. The first-order valence-electron chi connectivity index (χ1n) is 5.05. The maximum absolute atomic E-state index is 13.0. The summed E-state index contributed by atoms with van der Waals surface area (Å²) in [5, 5.41) is 0. The predicted molar refractivity (Wildman–Crippen MR) is 43.7 cm³/mol. The fourth-order valence-electron chi connectivity index (χ4n) is 1.52. The zero-order chi connectivity index (χ0) is 19.5. The van der Waals surface area contributed by atoms with Gasteiger partial charge in [0, 0.05) is 0 Å². The number of hydrogen-bond acceptors (Lipinski definition) is 1. The summed E-state index contributed by atoms with van der Waals surface area (Å²) >= 11 is 0. The van der Waals surface area contributed by atoms with E-state index in [1.165, 1.54) is 0 Å². The third-order valence-corrected chi connectivity index (χ3v) is 2.37. The average Bonchev–Trinajstić information content (AvgIpc) is 2.65. The highest BCUT2D eigenvalue weighted by Gasteiger charge is 2.67. The van der Waals surface area contributed by atoms with Crippen LogP contribution in [0, 0.1) is 0 Å². The Labute approximate surface area is 120 Å². The zero-order valence-corrected chi connectivity index (χ0v) is 10.2. The molecule has 24 heavy (non-hydrogen) atoms. The molecule has 0 aromatic carbocycles. The third-order valence-electron chi connectivity index (χ3n) is 2.37. The van der Waals surface area contributed by atoms with Crippen molar-refractivity contribution in [3.05, 3.63) is 22.6 Å². The van der Waals surface area contributed by atoms with E-state index in [0.29, 0.717) is 0 Å². The second kappa shape index (κ2) is 5.15. The Morgan fingerprint density at radius 1 is 0.458 bits per heavy atom. The van der Waals surface area contributed by atoms with Crippen LogP contribution in [0.15, 0.2) is 4.42 Å². The van der Waals surface area contributed by atoms with Crippen LogP contribution in [0.5, 0.6) is 0 Å². The monoisotopic (exact) mass is 390 g/mol. The minimum absolute atomic E-state index is 2.72. The third kappa shape index (κ3) is 3.38. The Balaban J connectivity index is 4.04. The SMILES string of the molecule is FC(F)(F)c1oc(C(F)(F)C(F)(F)F)c(C(F)(F)F)c1C(F)(F)F. The highest BCUT2D eigenvalue weighted by atomic mass is 19.4. The Bertz CT molecular complexity index is 606. The molecule has 1 rings (SSSR count). The molecule has 0 atom stereocenters. The van der Waals surface area contributed by atoms with Crippen molar-refractivity contribution in [3.63, 3.8) is 0 Å². The molecule has 1 nitrogen and oxygen atoms in total. The van der Waals surface area contributed by atoms with Crippen LogP contribution in [-0.2, 0) is 24.5 Å². The van der Waals surface area contributed by atoms with Gasteiger partial charge < -0.3 is 4.42 Å². The number of alkyl halides is 14. The Morgan fingerprint density at radius 2 is 0.792 bits per heavy atom. The summed E-state index contributed by atoms with van der Waals surface area (Å²) in [5.41, 5.74) is -7.72. The fourth-order valence-corrected chi connectivity index (χ4v) is 1.52. The number of hydrogen-bond donors (Lipinski definition) is 0. The van der Waals surface area contributed by atoms with E-state index in [0.717, 1.165) is 0 Å². The van der Waals surface area contributed by atoms with Gasteiger partial charge in [0.1, 0.15) is 11.1 Å². The first-order chi connectivity index (χ1) is 10.2. The van der Waals surface area contributed by atoms with Crippen molar-refractivity contribution in [2.24, 2.45) is 0 Å². The summed E-state index contributed by atoms with van der Waals surface area (Å²) in [6.45, 7) is 0. The van der Waals surface area contributed by atoms with Crippen molar-refractivity contribution < 1.29 is 65.9 Å². The van der Waals surface area contributed by atoms with Gasteiger partial charge in [-0.1, -0.05) is 0 Å². The molecule has 0 bridgehead atoms. The molecule has 0 aliphatic rings. The lowest BCUT2D eigenvalue weighted by atomic mass is 10.0. The van der Waals surface area contributed by atoms with Crippen molar-refractivity contribution in [2.75, 3.05) is 0 Å². The van der Waals surface area contributed by atoms with Gasteiger partial charge in [-0.05, 0) is 0 Å². The van der Waals surface area contributed by atoms with Crippen LogP contribution in [0.2, 0.25) is 0 Å².